The molecule has 0 bridgehead atoms. The quantitative estimate of drug-likeness (QED) is 0.403. The Bertz CT molecular complexity index is 951. The van der Waals surface area contributed by atoms with Crippen molar-refractivity contribution in [2.75, 3.05) is 0 Å². The van der Waals surface area contributed by atoms with E-state index >= 15 is 0 Å². The van der Waals surface area contributed by atoms with Crippen molar-refractivity contribution in [1.29, 1.82) is 5.41 Å². The van der Waals surface area contributed by atoms with Crippen molar-refractivity contribution in [2.24, 2.45) is 0 Å². The molecular weight excluding hydrogens is 431 g/mol. The van der Waals surface area contributed by atoms with Crippen LogP contribution < -0.4 is 0 Å². The molecule has 10 heteroatoms. The van der Waals surface area contributed by atoms with Crippen molar-refractivity contribution in [3.05, 3.63) is 71.8 Å². The van der Waals surface area contributed by atoms with Crippen LogP contribution in [-0.2, 0) is 18.9 Å². The number of benzene rings is 2. The molecule has 2 aromatic rings. The molecule has 1 aliphatic heterocycles. The van der Waals surface area contributed by atoms with E-state index < -0.39 is 48.6 Å². The molecule has 0 saturated carbocycles. The number of halogens is 3. The molecule has 1 fully saturated rings. The van der Waals surface area contributed by atoms with E-state index in [4.69, 9.17) is 19.6 Å². The summed E-state index contributed by atoms with van der Waals surface area (Å²) >= 11 is 0. The van der Waals surface area contributed by atoms with E-state index in [1.54, 1.807) is 43.3 Å². The fourth-order valence-corrected chi connectivity index (χ4v) is 3.10. The summed E-state index contributed by atoms with van der Waals surface area (Å²) in [6.07, 6.45) is -10.4. The number of nitrogens with one attached hydrogen (secondary N) is 1. The lowest BCUT2D eigenvalue weighted by Crippen LogP contribution is -2.42. The van der Waals surface area contributed by atoms with Gasteiger partial charge in [0.15, 0.2) is 6.10 Å². The third-order valence-electron chi connectivity index (χ3n) is 4.67. The Balaban J connectivity index is 1.87. The molecule has 1 N–H and O–H groups in total. The van der Waals surface area contributed by atoms with E-state index in [1.165, 1.54) is 24.3 Å². The van der Waals surface area contributed by atoms with E-state index in [2.05, 4.69) is 4.74 Å². The van der Waals surface area contributed by atoms with Crippen molar-refractivity contribution >= 4 is 17.8 Å². The molecule has 4 atom stereocenters. The number of carbonyl (C=O) groups is 2. The fraction of sp³-hybridized carbons (Fsp3) is 0.318. The van der Waals surface area contributed by atoms with Gasteiger partial charge in [0.05, 0.1) is 11.1 Å². The molecule has 0 spiro atoms. The Morgan fingerprint density at radius 3 is 1.78 bits per heavy atom. The standard InChI is InChI=1S/C22H20F3NO6/c1-2-15-16(30-18(27)13-9-5-3-6-10-13)17(20(29-15)32-21(26)22(23,24)25)31-19(28)14-11-7-4-8-12-14/h3-12,15-17,20,26H,2H2,1H3/t15-,16?,17-,20-/m0/s1. The third kappa shape index (κ3) is 5.44. The van der Waals surface area contributed by atoms with Gasteiger partial charge in [0.2, 0.25) is 12.4 Å². The minimum Gasteiger partial charge on any atom is -0.452 e. The number of ether oxygens (including phenoxy) is 4. The Kier molecular flexibility index (Phi) is 7.14. The molecule has 2 aromatic carbocycles. The number of rotatable bonds is 6. The monoisotopic (exact) mass is 451 g/mol. The van der Waals surface area contributed by atoms with Crippen molar-refractivity contribution in [3.63, 3.8) is 0 Å². The van der Waals surface area contributed by atoms with Gasteiger partial charge >= 0.3 is 18.1 Å². The van der Waals surface area contributed by atoms with Gasteiger partial charge in [0.25, 0.3) is 5.90 Å². The molecule has 0 aromatic heterocycles. The zero-order valence-corrected chi connectivity index (χ0v) is 16.9. The van der Waals surface area contributed by atoms with Crippen LogP contribution in [0.25, 0.3) is 0 Å². The summed E-state index contributed by atoms with van der Waals surface area (Å²) < 4.78 is 59.5. The molecule has 0 aliphatic carbocycles. The zero-order valence-electron chi connectivity index (χ0n) is 16.9. The van der Waals surface area contributed by atoms with E-state index in [9.17, 15) is 22.8 Å². The fourth-order valence-electron chi connectivity index (χ4n) is 3.10. The average molecular weight is 451 g/mol. The van der Waals surface area contributed by atoms with Gasteiger partial charge in [-0.1, -0.05) is 43.3 Å². The van der Waals surface area contributed by atoms with E-state index in [0.29, 0.717) is 0 Å². The smallest absolute Gasteiger partial charge is 0.452 e. The number of hydrogen-bond acceptors (Lipinski definition) is 7. The second-order valence-electron chi connectivity index (χ2n) is 6.87. The summed E-state index contributed by atoms with van der Waals surface area (Å²) in [6.45, 7) is 1.65. The van der Waals surface area contributed by atoms with Crippen molar-refractivity contribution in [3.8, 4) is 0 Å². The Morgan fingerprint density at radius 1 is 0.875 bits per heavy atom. The van der Waals surface area contributed by atoms with Gasteiger partial charge in [-0.15, -0.1) is 0 Å². The second kappa shape index (κ2) is 9.82. The lowest BCUT2D eigenvalue weighted by molar-refractivity contribution is -0.150. The molecule has 3 rings (SSSR count). The minimum absolute atomic E-state index is 0.130. The highest BCUT2D eigenvalue weighted by molar-refractivity contribution is 5.90. The topological polar surface area (TPSA) is 94.9 Å². The van der Waals surface area contributed by atoms with Gasteiger partial charge in [0.1, 0.15) is 6.10 Å². The number of alkyl halides is 3. The van der Waals surface area contributed by atoms with Gasteiger partial charge in [-0.25, -0.2) is 9.59 Å². The average Bonchev–Trinajstić information content (AvgIpc) is 3.10. The molecule has 32 heavy (non-hydrogen) atoms. The first-order valence-electron chi connectivity index (χ1n) is 9.70. The third-order valence-corrected chi connectivity index (χ3v) is 4.67. The van der Waals surface area contributed by atoms with Crippen LogP contribution in [0.3, 0.4) is 0 Å². The van der Waals surface area contributed by atoms with E-state index in [-0.39, 0.29) is 17.5 Å². The van der Waals surface area contributed by atoms with Crippen LogP contribution in [0.15, 0.2) is 60.7 Å². The molecule has 1 saturated heterocycles. The Labute approximate surface area is 181 Å². The highest BCUT2D eigenvalue weighted by Crippen LogP contribution is 2.32. The summed E-state index contributed by atoms with van der Waals surface area (Å²) in [5.41, 5.74) is 0.327. The highest BCUT2D eigenvalue weighted by Gasteiger charge is 2.52. The normalized spacial score (nSPS) is 22.8. The zero-order chi connectivity index (χ0) is 23.3. The largest absolute Gasteiger partial charge is 0.467 e. The Morgan fingerprint density at radius 2 is 1.34 bits per heavy atom. The van der Waals surface area contributed by atoms with Crippen molar-refractivity contribution < 1.29 is 41.7 Å². The molecule has 170 valence electrons. The van der Waals surface area contributed by atoms with Gasteiger partial charge in [-0.05, 0) is 30.7 Å². The van der Waals surface area contributed by atoms with Gasteiger partial charge in [-0.3, -0.25) is 5.41 Å². The lowest BCUT2D eigenvalue weighted by Gasteiger charge is -2.24. The summed E-state index contributed by atoms with van der Waals surface area (Å²) in [5, 5.41) is 7.13. The van der Waals surface area contributed by atoms with E-state index in [0.717, 1.165) is 0 Å². The Hall–Kier alpha value is -3.40. The van der Waals surface area contributed by atoms with Crippen LogP contribution in [0.2, 0.25) is 0 Å². The number of esters is 2. The van der Waals surface area contributed by atoms with Gasteiger partial charge < -0.3 is 18.9 Å². The SMILES string of the molecule is CC[C@@H]1O[C@@H](OC(=N)C(F)(F)F)[C@@H](OC(=O)c2ccccc2)C1OC(=O)c1ccccc1. The molecular formula is C22H20F3NO6. The van der Waals surface area contributed by atoms with Crippen LogP contribution in [0.1, 0.15) is 34.1 Å². The van der Waals surface area contributed by atoms with Crippen molar-refractivity contribution in [1.82, 2.24) is 0 Å². The first-order chi connectivity index (χ1) is 15.2. The predicted octanol–water partition coefficient (Wildman–Crippen LogP) is 4.13. The first kappa shape index (κ1) is 23.3. The minimum atomic E-state index is -5.07. The molecule has 1 heterocycles. The van der Waals surface area contributed by atoms with Crippen LogP contribution in [0, 0.1) is 5.41 Å². The van der Waals surface area contributed by atoms with Crippen LogP contribution >= 0.6 is 0 Å². The predicted molar refractivity (Wildman–Crippen MR) is 105 cm³/mol. The number of hydrogen-bond donors (Lipinski definition) is 1. The summed E-state index contributed by atoms with van der Waals surface area (Å²) in [4.78, 5) is 25.1. The van der Waals surface area contributed by atoms with E-state index in [1.807, 2.05) is 0 Å². The lowest BCUT2D eigenvalue weighted by atomic mass is 10.1. The van der Waals surface area contributed by atoms with Crippen LogP contribution in [-0.4, -0.2) is 48.6 Å². The van der Waals surface area contributed by atoms with Crippen LogP contribution in [0.5, 0.6) is 0 Å². The number of carbonyl (C=O) groups excluding carboxylic acids is 2. The van der Waals surface area contributed by atoms with Crippen LogP contribution in [0.4, 0.5) is 13.2 Å². The maximum atomic E-state index is 12.9. The first-order valence-corrected chi connectivity index (χ1v) is 9.70. The van der Waals surface area contributed by atoms with Crippen molar-refractivity contribution in [2.45, 2.75) is 44.1 Å². The molecule has 0 amide bonds. The summed E-state index contributed by atoms with van der Waals surface area (Å²) in [5.74, 6) is -3.66. The summed E-state index contributed by atoms with van der Waals surface area (Å²) in [7, 11) is 0. The molecule has 0 radical (unpaired) electrons. The molecule has 1 aliphatic rings. The summed E-state index contributed by atoms with van der Waals surface area (Å²) in [6, 6.07) is 15.7. The molecule has 7 nitrogen and oxygen atoms in total. The molecule has 1 unspecified atom stereocenters. The van der Waals surface area contributed by atoms with Gasteiger partial charge in [0, 0.05) is 0 Å². The maximum absolute atomic E-state index is 12.9. The van der Waals surface area contributed by atoms with Gasteiger partial charge in [-0.2, -0.15) is 13.2 Å². The highest BCUT2D eigenvalue weighted by atomic mass is 19.4. The second-order valence-corrected chi connectivity index (χ2v) is 6.87. The maximum Gasteiger partial charge on any atom is 0.467 e.